The van der Waals surface area contributed by atoms with E-state index in [4.69, 9.17) is 0 Å². The van der Waals surface area contributed by atoms with Crippen molar-refractivity contribution in [3.8, 4) is 0 Å². The molecule has 2 rings (SSSR count). The summed E-state index contributed by atoms with van der Waals surface area (Å²) in [6, 6.07) is 0.756. The molecule has 1 nitrogen and oxygen atoms in total. The minimum atomic E-state index is 0.528. The second-order valence-electron chi connectivity index (χ2n) is 5.22. The van der Waals surface area contributed by atoms with Crippen LogP contribution >= 0.6 is 11.8 Å². The first-order chi connectivity index (χ1) is 6.18. The molecule has 0 bridgehead atoms. The van der Waals surface area contributed by atoms with Crippen molar-refractivity contribution in [3.63, 3.8) is 0 Å². The predicted molar refractivity (Wildman–Crippen MR) is 60.2 cm³/mol. The zero-order valence-corrected chi connectivity index (χ0v) is 9.62. The van der Waals surface area contributed by atoms with Gasteiger partial charge in [0.05, 0.1) is 0 Å². The molecule has 1 saturated carbocycles. The van der Waals surface area contributed by atoms with Crippen LogP contribution < -0.4 is 5.32 Å². The third-order valence-electron chi connectivity index (χ3n) is 3.47. The van der Waals surface area contributed by atoms with Crippen LogP contribution in [0.2, 0.25) is 0 Å². The fourth-order valence-electron chi connectivity index (χ4n) is 1.90. The van der Waals surface area contributed by atoms with Gasteiger partial charge in [0, 0.05) is 11.8 Å². The highest BCUT2D eigenvalue weighted by molar-refractivity contribution is 7.99. The maximum Gasteiger partial charge on any atom is 0.0209 e. The molecule has 2 aliphatic rings. The van der Waals surface area contributed by atoms with E-state index in [1.165, 1.54) is 37.3 Å². The fraction of sp³-hybridized carbons (Fsp3) is 1.00. The molecule has 2 fully saturated rings. The molecule has 0 radical (unpaired) electrons. The van der Waals surface area contributed by atoms with E-state index in [2.05, 4.69) is 30.9 Å². The van der Waals surface area contributed by atoms with Crippen LogP contribution in [0.15, 0.2) is 0 Å². The number of hydrogen-bond donors (Lipinski definition) is 1. The van der Waals surface area contributed by atoms with Crippen LogP contribution in [0.4, 0.5) is 0 Å². The summed E-state index contributed by atoms with van der Waals surface area (Å²) >= 11 is 2.11. The molecule has 0 aromatic heterocycles. The van der Waals surface area contributed by atoms with Crippen molar-refractivity contribution < 1.29 is 0 Å². The second-order valence-corrected chi connectivity index (χ2v) is 6.37. The molecule has 1 atom stereocenters. The Kier molecular flexibility index (Phi) is 2.89. The molecule has 0 spiro atoms. The minimum Gasteiger partial charge on any atom is -0.312 e. The Balaban J connectivity index is 1.79. The van der Waals surface area contributed by atoms with Gasteiger partial charge in [0.2, 0.25) is 0 Å². The highest BCUT2D eigenvalue weighted by Gasteiger charge is 2.33. The molecule has 1 aliphatic carbocycles. The van der Waals surface area contributed by atoms with Gasteiger partial charge >= 0.3 is 0 Å². The van der Waals surface area contributed by atoms with Crippen molar-refractivity contribution in [2.45, 2.75) is 39.2 Å². The van der Waals surface area contributed by atoms with Gasteiger partial charge in [-0.15, -0.1) is 0 Å². The molecule has 1 N–H and O–H groups in total. The first-order valence-electron chi connectivity index (χ1n) is 5.49. The number of thioether (sulfide) groups is 1. The van der Waals surface area contributed by atoms with E-state index in [-0.39, 0.29) is 0 Å². The summed E-state index contributed by atoms with van der Waals surface area (Å²) in [4.78, 5) is 0. The minimum absolute atomic E-state index is 0.528. The van der Waals surface area contributed by atoms with Gasteiger partial charge in [-0.1, -0.05) is 13.8 Å². The summed E-state index contributed by atoms with van der Waals surface area (Å²) in [5.41, 5.74) is 0.528. The smallest absolute Gasteiger partial charge is 0.0209 e. The van der Waals surface area contributed by atoms with E-state index < -0.39 is 0 Å². The van der Waals surface area contributed by atoms with Gasteiger partial charge in [-0.2, -0.15) is 11.8 Å². The summed E-state index contributed by atoms with van der Waals surface area (Å²) in [7, 11) is 0. The Morgan fingerprint density at radius 3 is 2.77 bits per heavy atom. The summed E-state index contributed by atoms with van der Waals surface area (Å²) < 4.78 is 0. The van der Waals surface area contributed by atoms with E-state index in [9.17, 15) is 0 Å². The summed E-state index contributed by atoms with van der Waals surface area (Å²) in [5, 5.41) is 3.75. The van der Waals surface area contributed by atoms with Gasteiger partial charge in [0.25, 0.3) is 0 Å². The molecular weight excluding hydrogens is 178 g/mol. The maximum absolute atomic E-state index is 3.75. The Labute approximate surface area is 86.0 Å². The molecule has 1 saturated heterocycles. The molecule has 1 heterocycles. The average Bonchev–Trinajstić information content (AvgIpc) is 2.85. The van der Waals surface area contributed by atoms with Crippen molar-refractivity contribution in [3.05, 3.63) is 0 Å². The van der Waals surface area contributed by atoms with E-state index >= 15 is 0 Å². The third kappa shape index (κ3) is 2.63. The highest BCUT2D eigenvalue weighted by Crippen LogP contribution is 2.35. The Morgan fingerprint density at radius 1 is 1.38 bits per heavy atom. The standard InChI is InChI=1S/C11H21NS/c1-11(2)5-6-13-8-10(11)12-7-9-3-4-9/h9-10,12H,3-8H2,1-2H3. The number of hydrogen-bond acceptors (Lipinski definition) is 2. The molecule has 2 heteroatoms. The first-order valence-corrected chi connectivity index (χ1v) is 6.65. The lowest BCUT2D eigenvalue weighted by Gasteiger charge is -2.39. The van der Waals surface area contributed by atoms with Crippen molar-refractivity contribution >= 4 is 11.8 Å². The quantitative estimate of drug-likeness (QED) is 0.749. The molecule has 1 aliphatic heterocycles. The SMILES string of the molecule is CC1(C)CCSCC1NCC1CC1. The van der Waals surface area contributed by atoms with Gasteiger partial charge in [0.15, 0.2) is 0 Å². The Morgan fingerprint density at radius 2 is 2.15 bits per heavy atom. The van der Waals surface area contributed by atoms with E-state index in [1.807, 2.05) is 0 Å². The fourth-order valence-corrected chi connectivity index (χ4v) is 3.54. The monoisotopic (exact) mass is 199 g/mol. The lowest BCUT2D eigenvalue weighted by atomic mass is 9.82. The Bertz CT molecular complexity index is 175. The van der Waals surface area contributed by atoms with E-state index in [0.29, 0.717) is 5.41 Å². The van der Waals surface area contributed by atoms with Crippen LogP contribution in [-0.2, 0) is 0 Å². The van der Waals surface area contributed by atoms with Crippen molar-refractivity contribution in [2.24, 2.45) is 11.3 Å². The van der Waals surface area contributed by atoms with Crippen LogP contribution in [0.25, 0.3) is 0 Å². The van der Waals surface area contributed by atoms with Gasteiger partial charge in [-0.05, 0) is 42.9 Å². The van der Waals surface area contributed by atoms with Crippen LogP contribution in [0.3, 0.4) is 0 Å². The second kappa shape index (κ2) is 3.82. The van der Waals surface area contributed by atoms with Crippen molar-refractivity contribution in [1.29, 1.82) is 0 Å². The summed E-state index contributed by atoms with van der Waals surface area (Å²) in [5.74, 6) is 3.69. The van der Waals surface area contributed by atoms with Gasteiger partial charge < -0.3 is 5.32 Å². The van der Waals surface area contributed by atoms with E-state index in [1.54, 1.807) is 0 Å². The summed E-state index contributed by atoms with van der Waals surface area (Å²) in [6.07, 6.45) is 4.31. The van der Waals surface area contributed by atoms with Gasteiger partial charge in [0.1, 0.15) is 0 Å². The van der Waals surface area contributed by atoms with Crippen molar-refractivity contribution in [2.75, 3.05) is 18.1 Å². The van der Waals surface area contributed by atoms with Gasteiger partial charge in [-0.3, -0.25) is 0 Å². The molecule has 0 amide bonds. The normalized spacial score (nSPS) is 33.2. The largest absolute Gasteiger partial charge is 0.312 e. The third-order valence-corrected chi connectivity index (χ3v) is 4.53. The lowest BCUT2D eigenvalue weighted by molar-refractivity contribution is 0.244. The summed E-state index contributed by atoms with van der Waals surface area (Å²) in [6.45, 7) is 6.10. The van der Waals surface area contributed by atoms with E-state index in [0.717, 1.165) is 12.0 Å². The predicted octanol–water partition coefficient (Wildman–Crippen LogP) is 2.52. The molecule has 1 unspecified atom stereocenters. The molecular formula is C11H21NS. The molecule has 13 heavy (non-hydrogen) atoms. The Hall–Kier alpha value is 0.310. The molecule has 0 aromatic rings. The topological polar surface area (TPSA) is 12.0 Å². The van der Waals surface area contributed by atoms with Crippen LogP contribution in [0.1, 0.15) is 33.1 Å². The molecule has 76 valence electrons. The first kappa shape index (κ1) is 9.85. The zero-order chi connectivity index (χ0) is 9.31. The number of rotatable bonds is 3. The molecule has 0 aromatic carbocycles. The lowest BCUT2D eigenvalue weighted by Crippen LogP contribution is -2.47. The maximum atomic E-state index is 3.75. The zero-order valence-electron chi connectivity index (χ0n) is 8.81. The number of nitrogens with one attached hydrogen (secondary N) is 1. The van der Waals surface area contributed by atoms with Crippen LogP contribution in [-0.4, -0.2) is 24.1 Å². The van der Waals surface area contributed by atoms with Gasteiger partial charge in [-0.25, -0.2) is 0 Å². The van der Waals surface area contributed by atoms with Crippen molar-refractivity contribution in [1.82, 2.24) is 5.32 Å². The van der Waals surface area contributed by atoms with Crippen LogP contribution in [0.5, 0.6) is 0 Å². The average molecular weight is 199 g/mol. The highest BCUT2D eigenvalue weighted by atomic mass is 32.2. The van der Waals surface area contributed by atoms with Crippen LogP contribution in [0, 0.1) is 11.3 Å².